The van der Waals surface area contributed by atoms with Gasteiger partial charge in [0.15, 0.2) is 18.9 Å². The number of pyridine rings is 1. The number of nitro groups is 2. The minimum Gasteiger partial charge on any atom is -0.271 e. The summed E-state index contributed by atoms with van der Waals surface area (Å²) in [4.78, 5) is 20.8. The molecular weight excluding hydrogens is 398 g/mol. The molecule has 0 amide bonds. The largest absolute Gasteiger partial charge is 0.301 e. The van der Waals surface area contributed by atoms with Gasteiger partial charge in [-0.15, -0.1) is 0 Å². The molecule has 0 atom stereocenters. The standard InChI is InChI=1S/C19H15ClN5O4/c20-15-6-4-14(5-7-15)18(13-23-10-2-1-3-11-23)22-21-17-9-8-16(24(26)27)12-19(17)25(28)29/h1-12,21H,13H2/q+1. The van der Waals surface area contributed by atoms with Crippen molar-refractivity contribution in [3.63, 3.8) is 0 Å². The lowest BCUT2D eigenvalue weighted by Gasteiger charge is -2.07. The molecule has 146 valence electrons. The zero-order valence-electron chi connectivity index (χ0n) is 14.9. The second-order valence-corrected chi connectivity index (χ2v) is 6.38. The van der Waals surface area contributed by atoms with E-state index in [1.165, 1.54) is 12.1 Å². The maximum Gasteiger partial charge on any atom is 0.301 e. The summed E-state index contributed by atoms with van der Waals surface area (Å²) in [5.74, 6) is 0. The maximum atomic E-state index is 11.3. The van der Waals surface area contributed by atoms with E-state index in [1.54, 1.807) is 24.3 Å². The van der Waals surface area contributed by atoms with Gasteiger partial charge in [0.1, 0.15) is 11.4 Å². The quantitative estimate of drug-likeness (QED) is 0.273. The molecule has 9 nitrogen and oxygen atoms in total. The Morgan fingerprint density at radius 1 is 1.00 bits per heavy atom. The van der Waals surface area contributed by atoms with Crippen LogP contribution in [0.2, 0.25) is 5.02 Å². The first-order valence-electron chi connectivity index (χ1n) is 8.39. The Morgan fingerprint density at radius 2 is 1.69 bits per heavy atom. The highest BCUT2D eigenvalue weighted by Gasteiger charge is 2.20. The SMILES string of the molecule is O=[N+]([O-])c1ccc(NN=C(C[n+]2ccccc2)c2ccc(Cl)cc2)c([N+](=O)[O-])c1. The summed E-state index contributed by atoms with van der Waals surface area (Å²) in [6.07, 6.45) is 3.72. The molecule has 0 radical (unpaired) electrons. The number of hydrazone groups is 1. The Bertz CT molecular complexity index is 1070. The summed E-state index contributed by atoms with van der Waals surface area (Å²) in [7, 11) is 0. The van der Waals surface area contributed by atoms with Crippen LogP contribution in [0.5, 0.6) is 0 Å². The lowest BCUT2D eigenvalue weighted by Crippen LogP contribution is -2.37. The molecule has 3 rings (SSSR count). The van der Waals surface area contributed by atoms with E-state index in [4.69, 9.17) is 11.6 Å². The van der Waals surface area contributed by atoms with Crippen molar-refractivity contribution in [3.05, 3.63) is 104 Å². The molecule has 0 aliphatic heterocycles. The fourth-order valence-corrected chi connectivity index (χ4v) is 2.68. The molecule has 0 aliphatic carbocycles. The highest BCUT2D eigenvalue weighted by molar-refractivity contribution is 6.30. The Balaban J connectivity index is 1.97. The van der Waals surface area contributed by atoms with Gasteiger partial charge in [0.25, 0.3) is 5.69 Å². The molecule has 0 unspecified atom stereocenters. The van der Waals surface area contributed by atoms with Gasteiger partial charge in [0.05, 0.1) is 15.9 Å². The van der Waals surface area contributed by atoms with E-state index in [2.05, 4.69) is 10.5 Å². The minimum absolute atomic E-state index is 0.0464. The second-order valence-electron chi connectivity index (χ2n) is 5.94. The molecular formula is C19H15ClN5O4+. The van der Waals surface area contributed by atoms with Crippen molar-refractivity contribution < 1.29 is 14.4 Å². The van der Waals surface area contributed by atoms with Crippen LogP contribution in [0, 0.1) is 20.2 Å². The first-order valence-corrected chi connectivity index (χ1v) is 8.77. The third-order valence-electron chi connectivity index (χ3n) is 3.99. The van der Waals surface area contributed by atoms with Crippen LogP contribution in [-0.2, 0) is 6.54 Å². The Kier molecular flexibility index (Phi) is 6.10. The van der Waals surface area contributed by atoms with Crippen molar-refractivity contribution in [2.24, 2.45) is 5.10 Å². The lowest BCUT2D eigenvalue weighted by atomic mass is 10.1. The molecule has 0 spiro atoms. The molecule has 3 aromatic rings. The van der Waals surface area contributed by atoms with Gasteiger partial charge in [-0.3, -0.25) is 25.7 Å². The number of nitrogens with zero attached hydrogens (tertiary/aromatic N) is 4. The molecule has 0 fully saturated rings. The van der Waals surface area contributed by atoms with E-state index < -0.39 is 15.5 Å². The summed E-state index contributed by atoms with van der Waals surface area (Å²) >= 11 is 5.95. The molecule has 10 heteroatoms. The van der Waals surface area contributed by atoms with Gasteiger partial charge in [-0.1, -0.05) is 29.8 Å². The maximum absolute atomic E-state index is 11.3. The number of nitrogens with one attached hydrogen (secondary N) is 1. The summed E-state index contributed by atoms with van der Waals surface area (Å²) < 4.78 is 1.89. The van der Waals surface area contributed by atoms with E-state index in [1.807, 2.05) is 35.2 Å². The van der Waals surface area contributed by atoms with Gasteiger partial charge in [0.2, 0.25) is 0 Å². The fraction of sp³-hybridized carbons (Fsp3) is 0.0526. The van der Waals surface area contributed by atoms with E-state index in [0.29, 0.717) is 17.3 Å². The average Bonchev–Trinajstić information content (AvgIpc) is 2.72. The molecule has 29 heavy (non-hydrogen) atoms. The zero-order chi connectivity index (χ0) is 20.8. The lowest BCUT2D eigenvalue weighted by molar-refractivity contribution is -0.681. The van der Waals surface area contributed by atoms with E-state index >= 15 is 0 Å². The summed E-state index contributed by atoms with van der Waals surface area (Å²) in [5.41, 5.74) is 3.26. The van der Waals surface area contributed by atoms with Gasteiger partial charge >= 0.3 is 5.69 Å². The van der Waals surface area contributed by atoms with Crippen LogP contribution in [0.25, 0.3) is 0 Å². The average molecular weight is 413 g/mol. The Hall–Kier alpha value is -3.85. The van der Waals surface area contributed by atoms with Crippen LogP contribution >= 0.6 is 11.6 Å². The van der Waals surface area contributed by atoms with Crippen LogP contribution in [0.1, 0.15) is 5.56 Å². The number of hydrogen-bond donors (Lipinski definition) is 1. The number of halogens is 1. The van der Waals surface area contributed by atoms with Crippen LogP contribution < -0.4 is 9.99 Å². The number of rotatable bonds is 7. The van der Waals surface area contributed by atoms with Crippen molar-refractivity contribution in [1.29, 1.82) is 0 Å². The zero-order valence-corrected chi connectivity index (χ0v) is 15.7. The predicted molar refractivity (Wildman–Crippen MR) is 108 cm³/mol. The topological polar surface area (TPSA) is 115 Å². The predicted octanol–water partition coefficient (Wildman–Crippen LogP) is 3.96. The van der Waals surface area contributed by atoms with Crippen LogP contribution in [0.3, 0.4) is 0 Å². The van der Waals surface area contributed by atoms with E-state index in [0.717, 1.165) is 11.6 Å². The number of hydrogen-bond acceptors (Lipinski definition) is 6. The van der Waals surface area contributed by atoms with E-state index in [9.17, 15) is 20.2 Å². The van der Waals surface area contributed by atoms with Crippen molar-refractivity contribution >= 4 is 34.4 Å². The molecule has 0 aliphatic rings. The molecule has 1 aromatic heterocycles. The van der Waals surface area contributed by atoms with Crippen molar-refractivity contribution in [1.82, 2.24) is 0 Å². The smallest absolute Gasteiger partial charge is 0.271 e. The summed E-state index contributed by atoms with van der Waals surface area (Å²) in [6.45, 7) is 0.385. The molecule has 1 heterocycles. The Morgan fingerprint density at radius 3 is 2.31 bits per heavy atom. The normalized spacial score (nSPS) is 11.1. The van der Waals surface area contributed by atoms with Crippen molar-refractivity contribution in [3.8, 4) is 0 Å². The highest BCUT2D eigenvalue weighted by Crippen LogP contribution is 2.29. The third-order valence-corrected chi connectivity index (χ3v) is 4.24. The molecule has 0 saturated heterocycles. The monoisotopic (exact) mass is 412 g/mol. The van der Waals surface area contributed by atoms with Crippen LogP contribution in [0.15, 0.2) is 78.2 Å². The molecule has 2 aromatic carbocycles. The molecule has 0 saturated carbocycles. The van der Waals surface area contributed by atoms with Crippen LogP contribution in [0.4, 0.5) is 17.1 Å². The molecule has 0 bridgehead atoms. The van der Waals surface area contributed by atoms with E-state index in [-0.39, 0.29) is 11.4 Å². The van der Waals surface area contributed by atoms with Gasteiger partial charge < -0.3 is 0 Å². The van der Waals surface area contributed by atoms with Gasteiger partial charge in [-0.05, 0) is 18.2 Å². The summed E-state index contributed by atoms with van der Waals surface area (Å²) in [6, 6.07) is 16.0. The number of benzene rings is 2. The third kappa shape index (κ3) is 5.11. The Labute approximate surface area is 170 Å². The number of aromatic nitrogens is 1. The molecule has 1 N–H and O–H groups in total. The van der Waals surface area contributed by atoms with Gasteiger partial charge in [-0.25, -0.2) is 0 Å². The van der Waals surface area contributed by atoms with Crippen molar-refractivity contribution in [2.45, 2.75) is 6.54 Å². The first-order chi connectivity index (χ1) is 13.9. The number of nitro benzene ring substituents is 2. The minimum atomic E-state index is -0.696. The second kappa shape index (κ2) is 8.89. The van der Waals surface area contributed by atoms with Gasteiger partial charge in [-0.2, -0.15) is 9.67 Å². The van der Waals surface area contributed by atoms with Crippen molar-refractivity contribution in [2.75, 3.05) is 5.43 Å². The number of anilines is 1. The highest BCUT2D eigenvalue weighted by atomic mass is 35.5. The fourth-order valence-electron chi connectivity index (χ4n) is 2.55. The first kappa shape index (κ1) is 19.9. The van der Waals surface area contributed by atoms with Crippen LogP contribution in [-0.4, -0.2) is 15.6 Å². The number of non-ortho nitro benzene ring substituents is 1. The van der Waals surface area contributed by atoms with Gasteiger partial charge in [0, 0.05) is 28.8 Å². The summed E-state index contributed by atoms with van der Waals surface area (Å²) in [5, 5.41) is 27.1.